The minimum Gasteiger partial charge on any atom is -0.365 e. The molecular formula is C14H22ClFN2. The first-order valence-corrected chi connectivity index (χ1v) is 6.78. The third-order valence-corrected chi connectivity index (χ3v) is 3.29. The van der Waals surface area contributed by atoms with E-state index in [4.69, 9.17) is 11.6 Å². The topological polar surface area (TPSA) is 6.48 Å². The van der Waals surface area contributed by atoms with Gasteiger partial charge >= 0.3 is 0 Å². The van der Waals surface area contributed by atoms with Crippen LogP contribution in [-0.2, 0) is 5.88 Å². The maximum atomic E-state index is 14.1. The van der Waals surface area contributed by atoms with Gasteiger partial charge in [-0.2, -0.15) is 0 Å². The van der Waals surface area contributed by atoms with Gasteiger partial charge in [-0.25, -0.2) is 4.39 Å². The van der Waals surface area contributed by atoms with Gasteiger partial charge < -0.3 is 9.80 Å². The number of benzene rings is 1. The summed E-state index contributed by atoms with van der Waals surface area (Å²) in [6.07, 6.45) is 0. The zero-order chi connectivity index (χ0) is 13.7. The molecule has 18 heavy (non-hydrogen) atoms. The van der Waals surface area contributed by atoms with E-state index in [1.165, 1.54) is 6.07 Å². The molecule has 0 aliphatic carbocycles. The summed E-state index contributed by atoms with van der Waals surface area (Å²) < 4.78 is 14.1. The highest BCUT2D eigenvalue weighted by Crippen LogP contribution is 2.23. The monoisotopic (exact) mass is 272 g/mol. The van der Waals surface area contributed by atoms with Crippen LogP contribution in [0.1, 0.15) is 19.4 Å². The lowest BCUT2D eigenvalue weighted by atomic mass is 10.1. The normalized spacial score (nSPS) is 12.8. The Hall–Kier alpha value is -0.800. The molecule has 1 rings (SSSR count). The van der Waals surface area contributed by atoms with E-state index in [1.54, 1.807) is 0 Å². The molecule has 1 aromatic carbocycles. The maximum absolute atomic E-state index is 14.1. The summed E-state index contributed by atoms with van der Waals surface area (Å²) in [4.78, 5) is 4.19. The van der Waals surface area contributed by atoms with Crippen LogP contribution >= 0.6 is 11.6 Å². The number of nitrogens with zero attached hydrogens (tertiary/aromatic N) is 2. The summed E-state index contributed by atoms with van der Waals surface area (Å²) in [5, 5.41) is 0. The molecule has 0 spiro atoms. The van der Waals surface area contributed by atoms with Crippen LogP contribution in [0.3, 0.4) is 0 Å². The van der Waals surface area contributed by atoms with Crippen molar-refractivity contribution in [2.75, 3.05) is 32.1 Å². The van der Waals surface area contributed by atoms with E-state index >= 15 is 0 Å². The predicted octanol–water partition coefficient (Wildman–Crippen LogP) is 3.34. The van der Waals surface area contributed by atoms with E-state index in [0.29, 0.717) is 11.6 Å². The zero-order valence-electron chi connectivity index (χ0n) is 11.6. The molecule has 2 nitrogen and oxygen atoms in total. The highest BCUT2D eigenvalue weighted by atomic mass is 35.5. The van der Waals surface area contributed by atoms with Crippen LogP contribution in [0.2, 0.25) is 0 Å². The molecule has 0 bridgehead atoms. The Morgan fingerprint density at radius 1 is 1.33 bits per heavy atom. The molecule has 0 aliphatic heterocycles. The van der Waals surface area contributed by atoms with E-state index < -0.39 is 0 Å². The second-order valence-corrected chi connectivity index (χ2v) is 5.08. The highest BCUT2D eigenvalue weighted by Gasteiger charge is 2.17. The van der Waals surface area contributed by atoms with E-state index in [-0.39, 0.29) is 11.9 Å². The molecule has 0 N–H and O–H groups in total. The average molecular weight is 273 g/mol. The Kier molecular flexibility index (Phi) is 5.89. The van der Waals surface area contributed by atoms with E-state index in [0.717, 1.165) is 18.7 Å². The Bertz CT molecular complexity index is 382. The fraction of sp³-hybridized carbons (Fsp3) is 0.571. The van der Waals surface area contributed by atoms with Gasteiger partial charge in [-0.15, -0.1) is 11.6 Å². The van der Waals surface area contributed by atoms with Crippen LogP contribution in [0.4, 0.5) is 10.1 Å². The van der Waals surface area contributed by atoms with Gasteiger partial charge in [0.15, 0.2) is 0 Å². The van der Waals surface area contributed by atoms with Crippen LogP contribution in [0.5, 0.6) is 0 Å². The van der Waals surface area contributed by atoms with Gasteiger partial charge in [0.2, 0.25) is 0 Å². The Balaban J connectivity index is 2.94. The lowest BCUT2D eigenvalue weighted by Crippen LogP contribution is -2.40. The minimum atomic E-state index is -0.194. The maximum Gasteiger partial charge on any atom is 0.146 e. The first-order chi connectivity index (χ1) is 8.49. The standard InChI is InChI=1S/C14H22ClFN2/c1-5-18(11(2)10-17(3)4)14-7-6-12(9-15)8-13(14)16/h6-8,11H,5,9-10H2,1-4H3. The number of likely N-dealkylation sites (N-methyl/N-ethyl adjacent to an activating group) is 2. The molecular weight excluding hydrogens is 251 g/mol. The zero-order valence-corrected chi connectivity index (χ0v) is 12.3. The van der Waals surface area contributed by atoms with Gasteiger partial charge in [-0.1, -0.05) is 6.07 Å². The summed E-state index contributed by atoms with van der Waals surface area (Å²) in [5.41, 5.74) is 1.47. The van der Waals surface area contributed by atoms with Gasteiger partial charge in [0.1, 0.15) is 5.82 Å². The number of halogens is 2. The molecule has 0 radical (unpaired) electrons. The molecule has 0 fully saturated rings. The smallest absolute Gasteiger partial charge is 0.146 e. The van der Waals surface area contributed by atoms with Crippen molar-refractivity contribution in [3.05, 3.63) is 29.6 Å². The molecule has 1 unspecified atom stereocenters. The van der Waals surface area contributed by atoms with Gasteiger partial charge in [0.05, 0.1) is 5.69 Å². The van der Waals surface area contributed by atoms with Crippen molar-refractivity contribution < 1.29 is 4.39 Å². The lowest BCUT2D eigenvalue weighted by molar-refractivity contribution is 0.371. The fourth-order valence-corrected chi connectivity index (χ4v) is 2.38. The largest absolute Gasteiger partial charge is 0.365 e. The van der Waals surface area contributed by atoms with Crippen molar-refractivity contribution in [3.63, 3.8) is 0 Å². The average Bonchev–Trinajstić information content (AvgIpc) is 2.31. The van der Waals surface area contributed by atoms with Crippen molar-refractivity contribution in [1.82, 2.24) is 4.90 Å². The summed E-state index contributed by atoms with van der Waals surface area (Å²) in [5.74, 6) is 0.150. The molecule has 102 valence electrons. The summed E-state index contributed by atoms with van der Waals surface area (Å²) in [6.45, 7) is 5.83. The Labute approximate surface area is 114 Å². The van der Waals surface area contributed by atoms with Crippen molar-refractivity contribution in [3.8, 4) is 0 Å². The van der Waals surface area contributed by atoms with Gasteiger partial charge in [-0.3, -0.25) is 0 Å². The predicted molar refractivity (Wildman–Crippen MR) is 77.0 cm³/mol. The number of alkyl halides is 1. The third-order valence-electron chi connectivity index (χ3n) is 2.98. The molecule has 1 aromatic rings. The molecule has 1 atom stereocenters. The first kappa shape index (κ1) is 15.3. The molecule has 0 saturated carbocycles. The van der Waals surface area contributed by atoms with Gasteiger partial charge in [-0.05, 0) is 45.6 Å². The van der Waals surface area contributed by atoms with Crippen LogP contribution in [0, 0.1) is 5.82 Å². The third kappa shape index (κ3) is 3.85. The SMILES string of the molecule is CCN(c1ccc(CCl)cc1F)C(C)CN(C)C. The van der Waals surface area contributed by atoms with Crippen LogP contribution in [-0.4, -0.2) is 38.1 Å². The van der Waals surface area contributed by atoms with Crippen LogP contribution in [0.15, 0.2) is 18.2 Å². The van der Waals surface area contributed by atoms with E-state index in [1.807, 2.05) is 33.2 Å². The molecule has 0 aliphatic rings. The summed E-state index contributed by atoms with van der Waals surface area (Å²) in [6, 6.07) is 5.49. The summed E-state index contributed by atoms with van der Waals surface area (Å²) in [7, 11) is 4.05. The highest BCUT2D eigenvalue weighted by molar-refractivity contribution is 6.17. The minimum absolute atomic E-state index is 0.194. The molecule has 0 saturated heterocycles. The van der Waals surface area contributed by atoms with Crippen molar-refractivity contribution in [2.45, 2.75) is 25.8 Å². The summed E-state index contributed by atoms with van der Waals surface area (Å²) >= 11 is 5.71. The van der Waals surface area contributed by atoms with Crippen molar-refractivity contribution >= 4 is 17.3 Å². The Morgan fingerprint density at radius 3 is 2.44 bits per heavy atom. The van der Waals surface area contributed by atoms with Crippen molar-refractivity contribution in [2.24, 2.45) is 0 Å². The number of rotatable bonds is 6. The van der Waals surface area contributed by atoms with Crippen LogP contribution in [0.25, 0.3) is 0 Å². The second-order valence-electron chi connectivity index (χ2n) is 4.82. The Morgan fingerprint density at radius 2 is 2.00 bits per heavy atom. The number of hydrogen-bond donors (Lipinski definition) is 0. The van der Waals surface area contributed by atoms with Gasteiger partial charge in [0, 0.05) is 25.0 Å². The van der Waals surface area contributed by atoms with E-state index in [2.05, 4.69) is 16.7 Å². The molecule has 0 aromatic heterocycles. The van der Waals surface area contributed by atoms with Gasteiger partial charge in [0.25, 0.3) is 0 Å². The number of anilines is 1. The molecule has 0 heterocycles. The first-order valence-electron chi connectivity index (χ1n) is 6.25. The van der Waals surface area contributed by atoms with E-state index in [9.17, 15) is 4.39 Å². The molecule has 4 heteroatoms. The fourth-order valence-electron chi connectivity index (χ4n) is 2.21. The number of hydrogen-bond acceptors (Lipinski definition) is 2. The lowest BCUT2D eigenvalue weighted by Gasteiger charge is -2.32. The van der Waals surface area contributed by atoms with Crippen LogP contribution < -0.4 is 4.90 Å². The van der Waals surface area contributed by atoms with Crippen molar-refractivity contribution in [1.29, 1.82) is 0 Å². The second kappa shape index (κ2) is 6.95. The molecule has 0 amide bonds. The quantitative estimate of drug-likeness (QED) is 0.733.